The van der Waals surface area contributed by atoms with E-state index in [4.69, 9.17) is 0 Å². The number of alkyl halides is 1. The van der Waals surface area contributed by atoms with Gasteiger partial charge in [-0.3, -0.25) is 9.59 Å². The minimum absolute atomic E-state index is 0.186. The number of halogens is 1. The van der Waals surface area contributed by atoms with Crippen LogP contribution >= 0.6 is 15.9 Å². The molecule has 0 N–H and O–H groups in total. The fourth-order valence-corrected chi connectivity index (χ4v) is 1.81. The van der Waals surface area contributed by atoms with Crippen LogP contribution in [0.15, 0.2) is 24.3 Å². The third-order valence-electron chi connectivity index (χ3n) is 2.23. The molecule has 1 aromatic carbocycles. The predicted molar refractivity (Wildman–Crippen MR) is 65.8 cm³/mol. The lowest BCUT2D eigenvalue weighted by atomic mass is 10.1. The van der Waals surface area contributed by atoms with E-state index in [0.29, 0.717) is 0 Å². The monoisotopic (exact) mass is 300 g/mol. The first-order valence-corrected chi connectivity index (χ1v) is 5.87. The number of hydrogen-bond acceptors (Lipinski definition) is 4. The number of methoxy groups -OCH3 is 2. The van der Waals surface area contributed by atoms with Gasteiger partial charge in [0.15, 0.2) is 0 Å². The average molecular weight is 301 g/mol. The van der Waals surface area contributed by atoms with Crippen LogP contribution in [0.4, 0.5) is 0 Å². The summed E-state index contributed by atoms with van der Waals surface area (Å²) in [6.07, 6.45) is 0.186. The first-order valence-electron chi connectivity index (χ1n) is 4.96. The number of hydrogen-bond donors (Lipinski definition) is 0. The molecule has 5 heteroatoms. The van der Waals surface area contributed by atoms with Gasteiger partial charge in [0.1, 0.15) is 4.83 Å². The summed E-state index contributed by atoms with van der Waals surface area (Å²) in [5, 5.41) is 0. The Morgan fingerprint density at radius 2 is 2.00 bits per heavy atom. The molecule has 1 atom stereocenters. The topological polar surface area (TPSA) is 52.6 Å². The maximum Gasteiger partial charge on any atom is 0.323 e. The van der Waals surface area contributed by atoms with Crippen LogP contribution < -0.4 is 0 Å². The number of carbonyl (C=O) groups excluding carboxylic acids is 2. The van der Waals surface area contributed by atoms with E-state index in [9.17, 15) is 9.59 Å². The number of rotatable bonds is 4. The van der Waals surface area contributed by atoms with Crippen LogP contribution in [0, 0.1) is 0 Å². The second-order valence-electron chi connectivity index (χ2n) is 3.38. The molecule has 92 valence electrons. The Morgan fingerprint density at radius 1 is 1.29 bits per heavy atom. The standard InChI is InChI=1S/C12H13BrO4/c1-16-10(14)7-8-4-3-5-9(6-8)11(13)12(15)17-2/h3-6,11H,7H2,1-2H3. The van der Waals surface area contributed by atoms with Crippen molar-refractivity contribution in [3.63, 3.8) is 0 Å². The summed E-state index contributed by atoms with van der Waals surface area (Å²) in [6, 6.07) is 7.15. The summed E-state index contributed by atoms with van der Waals surface area (Å²) in [7, 11) is 2.67. The van der Waals surface area contributed by atoms with Gasteiger partial charge < -0.3 is 9.47 Å². The van der Waals surface area contributed by atoms with Crippen LogP contribution in [-0.2, 0) is 25.5 Å². The SMILES string of the molecule is COC(=O)Cc1cccc(C(Br)C(=O)OC)c1. The zero-order valence-electron chi connectivity index (χ0n) is 9.60. The zero-order chi connectivity index (χ0) is 12.8. The zero-order valence-corrected chi connectivity index (χ0v) is 11.2. The molecule has 0 fully saturated rings. The summed E-state index contributed by atoms with van der Waals surface area (Å²) in [4.78, 5) is 21.9. The second-order valence-corrected chi connectivity index (χ2v) is 4.30. The third kappa shape index (κ3) is 3.85. The average Bonchev–Trinajstić information content (AvgIpc) is 2.37. The lowest BCUT2D eigenvalue weighted by Gasteiger charge is -2.09. The fraction of sp³-hybridized carbons (Fsp3) is 0.333. The van der Waals surface area contributed by atoms with Crippen LogP contribution in [0.2, 0.25) is 0 Å². The molecule has 0 spiro atoms. The first-order chi connectivity index (χ1) is 8.08. The van der Waals surface area contributed by atoms with E-state index in [1.807, 2.05) is 0 Å². The van der Waals surface area contributed by atoms with Crippen LogP contribution in [0.5, 0.6) is 0 Å². The highest BCUT2D eigenvalue weighted by atomic mass is 79.9. The van der Waals surface area contributed by atoms with Gasteiger partial charge in [0, 0.05) is 0 Å². The van der Waals surface area contributed by atoms with Crippen molar-refractivity contribution in [2.45, 2.75) is 11.2 Å². The molecule has 4 nitrogen and oxygen atoms in total. The van der Waals surface area contributed by atoms with Crippen molar-refractivity contribution >= 4 is 27.9 Å². The largest absolute Gasteiger partial charge is 0.469 e. The van der Waals surface area contributed by atoms with Crippen molar-refractivity contribution < 1.29 is 19.1 Å². The van der Waals surface area contributed by atoms with E-state index >= 15 is 0 Å². The highest BCUT2D eigenvalue weighted by Crippen LogP contribution is 2.24. The van der Waals surface area contributed by atoms with Crippen molar-refractivity contribution in [1.29, 1.82) is 0 Å². The quantitative estimate of drug-likeness (QED) is 0.630. The molecule has 0 radical (unpaired) electrons. The lowest BCUT2D eigenvalue weighted by molar-refractivity contribution is -0.140. The smallest absolute Gasteiger partial charge is 0.323 e. The van der Waals surface area contributed by atoms with Gasteiger partial charge in [0.05, 0.1) is 20.6 Å². The number of benzene rings is 1. The van der Waals surface area contributed by atoms with Gasteiger partial charge in [-0.1, -0.05) is 40.2 Å². The van der Waals surface area contributed by atoms with Crippen LogP contribution in [0.25, 0.3) is 0 Å². The summed E-state index contributed by atoms with van der Waals surface area (Å²) < 4.78 is 9.21. The molecule has 1 unspecified atom stereocenters. The molecule has 0 aliphatic heterocycles. The van der Waals surface area contributed by atoms with Crippen molar-refractivity contribution in [2.24, 2.45) is 0 Å². The molecule has 1 rings (SSSR count). The van der Waals surface area contributed by atoms with Crippen molar-refractivity contribution in [3.8, 4) is 0 Å². The highest BCUT2D eigenvalue weighted by molar-refractivity contribution is 9.09. The van der Waals surface area contributed by atoms with Gasteiger partial charge in [0.2, 0.25) is 0 Å². The lowest BCUT2D eigenvalue weighted by Crippen LogP contribution is -2.09. The molecule has 17 heavy (non-hydrogen) atoms. The van der Waals surface area contributed by atoms with E-state index in [2.05, 4.69) is 25.4 Å². The fourth-order valence-electron chi connectivity index (χ4n) is 1.34. The summed E-state index contributed by atoms with van der Waals surface area (Å²) in [5.74, 6) is -0.688. The van der Waals surface area contributed by atoms with Crippen LogP contribution in [-0.4, -0.2) is 26.2 Å². The van der Waals surface area contributed by atoms with Crippen molar-refractivity contribution in [1.82, 2.24) is 0 Å². The Bertz CT molecular complexity index is 417. The Labute approximate surface area is 108 Å². The van der Waals surface area contributed by atoms with Gasteiger partial charge in [0.25, 0.3) is 0 Å². The molecule has 1 aromatic rings. The van der Waals surface area contributed by atoms with E-state index in [1.54, 1.807) is 24.3 Å². The molecule has 0 saturated carbocycles. The second kappa shape index (κ2) is 6.39. The summed E-state index contributed by atoms with van der Waals surface area (Å²) in [5.41, 5.74) is 1.54. The van der Waals surface area contributed by atoms with E-state index in [-0.39, 0.29) is 18.4 Å². The number of esters is 2. The Morgan fingerprint density at radius 3 is 2.59 bits per heavy atom. The summed E-state index contributed by atoms with van der Waals surface area (Å²) in [6.45, 7) is 0. The minimum atomic E-state index is -0.523. The van der Waals surface area contributed by atoms with Crippen LogP contribution in [0.3, 0.4) is 0 Å². The highest BCUT2D eigenvalue weighted by Gasteiger charge is 2.18. The van der Waals surface area contributed by atoms with Crippen LogP contribution in [0.1, 0.15) is 16.0 Å². The maximum atomic E-state index is 11.3. The van der Waals surface area contributed by atoms with E-state index in [1.165, 1.54) is 14.2 Å². The molecule has 0 aliphatic rings. The molecule has 0 bridgehead atoms. The number of ether oxygens (including phenoxy) is 2. The summed E-state index contributed by atoms with van der Waals surface area (Å²) >= 11 is 3.24. The van der Waals surface area contributed by atoms with Crippen molar-refractivity contribution in [2.75, 3.05) is 14.2 Å². The molecule has 0 heterocycles. The molecule has 0 aromatic heterocycles. The number of carbonyl (C=O) groups is 2. The van der Waals surface area contributed by atoms with Gasteiger partial charge in [-0.2, -0.15) is 0 Å². The molecule has 0 saturated heterocycles. The van der Waals surface area contributed by atoms with E-state index < -0.39 is 4.83 Å². The van der Waals surface area contributed by atoms with Gasteiger partial charge in [-0.25, -0.2) is 0 Å². The molecule has 0 aliphatic carbocycles. The van der Waals surface area contributed by atoms with Crippen molar-refractivity contribution in [3.05, 3.63) is 35.4 Å². The first kappa shape index (κ1) is 13.7. The van der Waals surface area contributed by atoms with Gasteiger partial charge in [-0.15, -0.1) is 0 Å². The molecular formula is C12H13BrO4. The van der Waals surface area contributed by atoms with Gasteiger partial charge in [-0.05, 0) is 11.1 Å². The molecule has 0 amide bonds. The molecular weight excluding hydrogens is 288 g/mol. The van der Waals surface area contributed by atoms with E-state index in [0.717, 1.165) is 11.1 Å². The minimum Gasteiger partial charge on any atom is -0.469 e. The van der Waals surface area contributed by atoms with Gasteiger partial charge >= 0.3 is 11.9 Å². The maximum absolute atomic E-state index is 11.3. The Hall–Kier alpha value is -1.36. The Balaban J connectivity index is 2.85. The predicted octanol–water partition coefficient (Wildman–Crippen LogP) is 2.01. The normalized spacial score (nSPS) is 11.7. The Kier molecular flexibility index (Phi) is 5.15. The third-order valence-corrected chi connectivity index (χ3v) is 3.13.